The van der Waals surface area contributed by atoms with E-state index in [0.29, 0.717) is 0 Å². The molecular weight excluding hydrogens is 841 g/mol. The SMILES string of the molecule is Cc1ccc(-c2c(-c3ccccc3)c(-c3ccccc3)c(-c3ccc(CCc4cc5ccc6ccc7c(C)cc8ccc9ccc4c4c9c8c7c6c54)cc3)c(-c3ccccc3)c2-c2ccccc2)cc1. The molecule has 328 valence electrons. The molecule has 0 aliphatic heterocycles. The molecule has 0 saturated heterocycles. The maximum atomic E-state index is 2.50. The molecule has 14 aromatic carbocycles. The number of rotatable bonds is 9. The van der Waals surface area contributed by atoms with Crippen molar-refractivity contribution in [1.29, 1.82) is 0 Å². The van der Waals surface area contributed by atoms with Gasteiger partial charge in [0.1, 0.15) is 0 Å². The summed E-state index contributed by atoms with van der Waals surface area (Å²) in [6.07, 6.45) is 1.88. The average Bonchev–Trinajstić information content (AvgIpc) is 3.42. The van der Waals surface area contributed by atoms with Crippen molar-refractivity contribution in [2.75, 3.05) is 0 Å². The molecule has 0 aromatic heterocycles. The van der Waals surface area contributed by atoms with Crippen molar-refractivity contribution in [3.8, 4) is 66.8 Å². The van der Waals surface area contributed by atoms with Crippen molar-refractivity contribution in [1.82, 2.24) is 0 Å². The van der Waals surface area contributed by atoms with Crippen molar-refractivity contribution in [3.63, 3.8) is 0 Å². The summed E-state index contributed by atoms with van der Waals surface area (Å²) < 4.78 is 0. The quantitative estimate of drug-likeness (QED) is 0.100. The third kappa shape index (κ3) is 6.23. The predicted octanol–water partition coefficient (Wildman–Crippen LogP) is 19.3. The first-order valence-electron chi connectivity index (χ1n) is 24.8. The van der Waals surface area contributed by atoms with Gasteiger partial charge in [0, 0.05) is 0 Å². The van der Waals surface area contributed by atoms with Gasteiger partial charge in [-0.15, -0.1) is 0 Å². The normalized spacial score (nSPS) is 12.0. The molecule has 0 heteroatoms. The molecule has 0 heterocycles. The van der Waals surface area contributed by atoms with Crippen LogP contribution in [0.4, 0.5) is 0 Å². The van der Waals surface area contributed by atoms with Crippen LogP contribution < -0.4 is 0 Å². The predicted molar refractivity (Wildman–Crippen MR) is 301 cm³/mol. The van der Waals surface area contributed by atoms with Gasteiger partial charge in [0.05, 0.1) is 0 Å². The Labute approximate surface area is 408 Å². The van der Waals surface area contributed by atoms with Gasteiger partial charge in [0.15, 0.2) is 0 Å². The molecule has 0 aliphatic carbocycles. The fourth-order valence-corrected chi connectivity index (χ4v) is 12.3. The van der Waals surface area contributed by atoms with Crippen molar-refractivity contribution in [2.45, 2.75) is 26.7 Å². The van der Waals surface area contributed by atoms with Crippen LogP contribution in [0.5, 0.6) is 0 Å². The van der Waals surface area contributed by atoms with Crippen LogP contribution in [0.1, 0.15) is 22.3 Å². The minimum absolute atomic E-state index is 0.935. The Morgan fingerprint density at radius 3 is 1.06 bits per heavy atom. The zero-order valence-electron chi connectivity index (χ0n) is 39.4. The van der Waals surface area contributed by atoms with Crippen molar-refractivity contribution in [2.24, 2.45) is 0 Å². The highest BCUT2D eigenvalue weighted by Crippen LogP contribution is 2.56. The van der Waals surface area contributed by atoms with E-state index in [0.717, 1.165) is 12.8 Å². The summed E-state index contributed by atoms with van der Waals surface area (Å²) in [7, 11) is 0. The second kappa shape index (κ2) is 16.0. The highest BCUT2D eigenvalue weighted by Gasteiger charge is 2.29. The van der Waals surface area contributed by atoms with E-state index in [1.807, 2.05) is 0 Å². The second-order valence-corrected chi connectivity index (χ2v) is 19.5. The lowest BCUT2D eigenvalue weighted by molar-refractivity contribution is 0.971. The molecule has 14 aromatic rings. The molecule has 0 radical (unpaired) electrons. The van der Waals surface area contributed by atoms with Crippen LogP contribution in [0.2, 0.25) is 0 Å². The monoisotopic (exact) mass is 888 g/mol. The number of hydrogen-bond donors (Lipinski definition) is 0. The molecular formula is C70H48. The minimum atomic E-state index is 0.935. The first-order valence-corrected chi connectivity index (χ1v) is 24.8. The van der Waals surface area contributed by atoms with Crippen LogP contribution in [-0.4, -0.2) is 0 Å². The van der Waals surface area contributed by atoms with E-state index in [4.69, 9.17) is 0 Å². The van der Waals surface area contributed by atoms with E-state index in [9.17, 15) is 0 Å². The third-order valence-corrected chi connectivity index (χ3v) is 15.4. The van der Waals surface area contributed by atoms with Crippen molar-refractivity contribution < 1.29 is 0 Å². The van der Waals surface area contributed by atoms with E-state index in [2.05, 4.69) is 244 Å². The van der Waals surface area contributed by atoms with Crippen molar-refractivity contribution >= 4 is 64.6 Å². The maximum Gasteiger partial charge on any atom is -0.00111 e. The Hall–Kier alpha value is -8.58. The summed E-state index contributed by atoms with van der Waals surface area (Å²) in [6.45, 7) is 4.45. The Bertz CT molecular complexity index is 4100. The average molecular weight is 889 g/mol. The summed E-state index contributed by atoms with van der Waals surface area (Å²) in [5, 5.41) is 16.6. The molecule has 0 nitrogen and oxygen atoms in total. The summed E-state index contributed by atoms with van der Waals surface area (Å²) in [6, 6.07) is 86.8. The van der Waals surface area contributed by atoms with Crippen LogP contribution in [0.3, 0.4) is 0 Å². The van der Waals surface area contributed by atoms with Crippen LogP contribution in [-0.2, 0) is 12.8 Å². The Kier molecular flexibility index (Phi) is 9.26. The van der Waals surface area contributed by atoms with Crippen LogP contribution in [0.25, 0.3) is 131 Å². The van der Waals surface area contributed by atoms with E-state index in [-0.39, 0.29) is 0 Å². The molecule has 0 bridgehead atoms. The van der Waals surface area contributed by atoms with Gasteiger partial charge in [-0.3, -0.25) is 0 Å². The summed E-state index contributed by atoms with van der Waals surface area (Å²) in [5.41, 5.74) is 19.9. The van der Waals surface area contributed by atoms with Gasteiger partial charge in [0.2, 0.25) is 0 Å². The standard InChI is InChI=1S/C70H48/c1-43-23-28-50(29-24-43)63-59(46-15-7-3-8-16-46)61(48-19-11-5-12-20-48)64(62(49-21-13-6-14-22-49)60(63)47-17-9-4-10-18-47)51-30-25-45(26-31-51)27-32-54-42-56-36-34-52-37-39-57-44(2)41-55-35-33-53-38-40-58(54)70-66(53)67(55)69(57)65(52)68(56)70/h3-26,28-31,33-42H,27,32H2,1-2H3. The highest BCUT2D eigenvalue weighted by molar-refractivity contribution is 6.45. The van der Waals surface area contributed by atoms with E-state index < -0.39 is 0 Å². The molecule has 0 atom stereocenters. The van der Waals surface area contributed by atoms with Crippen LogP contribution in [0, 0.1) is 13.8 Å². The lowest BCUT2D eigenvalue weighted by Gasteiger charge is -2.29. The molecule has 0 spiro atoms. The number of hydrogen-bond acceptors (Lipinski definition) is 0. The molecule has 0 fully saturated rings. The lowest BCUT2D eigenvalue weighted by Crippen LogP contribution is -2.02. The molecule has 0 unspecified atom stereocenters. The Morgan fingerprint density at radius 1 is 0.257 bits per heavy atom. The molecule has 70 heavy (non-hydrogen) atoms. The fraction of sp³-hybridized carbons (Fsp3) is 0.0571. The summed E-state index contributed by atoms with van der Waals surface area (Å²) in [5.74, 6) is 0. The van der Waals surface area contributed by atoms with Gasteiger partial charge in [-0.2, -0.15) is 0 Å². The van der Waals surface area contributed by atoms with E-state index in [1.54, 1.807) is 0 Å². The molecule has 0 amide bonds. The van der Waals surface area contributed by atoms with Gasteiger partial charge >= 0.3 is 0 Å². The van der Waals surface area contributed by atoms with Gasteiger partial charge in [-0.1, -0.05) is 236 Å². The second-order valence-electron chi connectivity index (χ2n) is 19.5. The topological polar surface area (TPSA) is 0 Å². The van der Waals surface area contributed by atoms with Gasteiger partial charge in [0.25, 0.3) is 0 Å². The Morgan fingerprint density at radius 2 is 0.600 bits per heavy atom. The molecule has 14 rings (SSSR count). The zero-order chi connectivity index (χ0) is 46.5. The van der Waals surface area contributed by atoms with Crippen molar-refractivity contribution in [3.05, 3.63) is 253 Å². The Balaban J connectivity index is 0.975. The third-order valence-electron chi connectivity index (χ3n) is 15.4. The number of benzene rings is 14. The van der Waals surface area contributed by atoms with Gasteiger partial charge in [-0.25, -0.2) is 0 Å². The first-order chi connectivity index (χ1) is 34.6. The van der Waals surface area contributed by atoms with E-state index >= 15 is 0 Å². The first kappa shape index (κ1) is 40.5. The van der Waals surface area contributed by atoms with E-state index in [1.165, 1.54) is 154 Å². The molecule has 0 saturated carbocycles. The largest absolute Gasteiger partial charge is 0.0622 e. The molecule has 0 N–H and O–H groups in total. The van der Waals surface area contributed by atoms with Gasteiger partial charge in [-0.05, 0) is 175 Å². The smallest absolute Gasteiger partial charge is 0.00111 e. The number of aryl methyl sites for hydroxylation is 4. The highest BCUT2D eigenvalue weighted by atomic mass is 14.3. The fourth-order valence-electron chi connectivity index (χ4n) is 12.3. The van der Waals surface area contributed by atoms with Crippen LogP contribution >= 0.6 is 0 Å². The summed E-state index contributed by atoms with van der Waals surface area (Å²) >= 11 is 0. The van der Waals surface area contributed by atoms with Gasteiger partial charge < -0.3 is 0 Å². The zero-order valence-corrected chi connectivity index (χ0v) is 39.4. The van der Waals surface area contributed by atoms with Crippen LogP contribution in [0.15, 0.2) is 231 Å². The minimum Gasteiger partial charge on any atom is -0.0622 e. The lowest BCUT2D eigenvalue weighted by atomic mass is 9.74. The summed E-state index contributed by atoms with van der Waals surface area (Å²) in [4.78, 5) is 0. The maximum absolute atomic E-state index is 2.50. The molecule has 0 aliphatic rings.